The molecule has 20 heavy (non-hydrogen) atoms. The zero-order chi connectivity index (χ0) is 14.9. The number of aryl methyl sites for hydroxylation is 1. The first-order valence-electron chi connectivity index (χ1n) is 6.10. The summed E-state index contributed by atoms with van der Waals surface area (Å²) in [6.07, 6.45) is 1.63. The molecule has 0 aromatic carbocycles. The molecule has 0 atom stereocenters. The fourth-order valence-electron chi connectivity index (χ4n) is 1.89. The fraction of sp³-hybridized carbons (Fsp3) is 0.417. The van der Waals surface area contributed by atoms with Crippen LogP contribution >= 0.6 is 10.7 Å². The van der Waals surface area contributed by atoms with Crippen LogP contribution < -0.4 is 0 Å². The second-order valence-corrected chi connectivity index (χ2v) is 7.38. The van der Waals surface area contributed by atoms with Crippen molar-refractivity contribution < 1.29 is 8.42 Å². The molecule has 108 valence electrons. The van der Waals surface area contributed by atoms with E-state index in [2.05, 4.69) is 15.2 Å². The third-order valence-corrected chi connectivity index (χ3v) is 3.86. The number of hydrogen-bond donors (Lipinski definition) is 0. The Balaban J connectivity index is 2.66. The van der Waals surface area contributed by atoms with E-state index in [9.17, 15) is 8.42 Å². The molecular formula is C12H15ClN4O2S. The number of aromatic nitrogens is 4. The topological polar surface area (TPSA) is 77.7 Å². The smallest absolute Gasteiger partial charge is 0.295 e. The molecule has 0 amide bonds. The molecule has 0 aliphatic carbocycles. The molecule has 0 bridgehead atoms. The van der Waals surface area contributed by atoms with Gasteiger partial charge in [0, 0.05) is 23.4 Å². The van der Waals surface area contributed by atoms with Crippen LogP contribution in [0.1, 0.15) is 19.4 Å². The van der Waals surface area contributed by atoms with Crippen molar-refractivity contribution in [3.8, 4) is 11.5 Å². The van der Waals surface area contributed by atoms with E-state index in [-0.39, 0.29) is 11.1 Å². The van der Waals surface area contributed by atoms with Gasteiger partial charge in [0.2, 0.25) is 0 Å². The van der Waals surface area contributed by atoms with Gasteiger partial charge in [-0.25, -0.2) is 8.42 Å². The van der Waals surface area contributed by atoms with Crippen molar-refractivity contribution in [2.24, 2.45) is 5.92 Å². The van der Waals surface area contributed by atoms with Gasteiger partial charge in [-0.05, 0) is 24.5 Å². The summed E-state index contributed by atoms with van der Waals surface area (Å²) in [4.78, 5) is 4.25. The Labute approximate surface area is 122 Å². The third kappa shape index (κ3) is 2.99. The molecule has 2 rings (SSSR count). The molecule has 0 unspecified atom stereocenters. The highest BCUT2D eigenvalue weighted by molar-refractivity contribution is 8.13. The Morgan fingerprint density at radius 2 is 2.05 bits per heavy atom. The normalized spacial score (nSPS) is 12.1. The van der Waals surface area contributed by atoms with Crippen LogP contribution in [0.3, 0.4) is 0 Å². The molecule has 2 heterocycles. The van der Waals surface area contributed by atoms with Gasteiger partial charge in [-0.2, -0.15) is 0 Å². The van der Waals surface area contributed by atoms with E-state index in [1.54, 1.807) is 12.3 Å². The van der Waals surface area contributed by atoms with Crippen LogP contribution in [0.25, 0.3) is 11.5 Å². The lowest BCUT2D eigenvalue weighted by Crippen LogP contribution is -2.12. The summed E-state index contributed by atoms with van der Waals surface area (Å²) in [6, 6.07) is 3.69. The van der Waals surface area contributed by atoms with Crippen LogP contribution in [-0.2, 0) is 15.6 Å². The van der Waals surface area contributed by atoms with E-state index >= 15 is 0 Å². The van der Waals surface area contributed by atoms with Gasteiger partial charge in [-0.3, -0.25) is 9.55 Å². The summed E-state index contributed by atoms with van der Waals surface area (Å²) in [7, 11) is 1.47. The maximum absolute atomic E-state index is 11.6. The SMILES string of the molecule is Cc1cccnc1-c1nnc(S(=O)(=O)Cl)n1CC(C)C. The highest BCUT2D eigenvalue weighted by Crippen LogP contribution is 2.24. The quantitative estimate of drug-likeness (QED) is 0.809. The molecule has 0 saturated heterocycles. The molecule has 0 spiro atoms. The average molecular weight is 315 g/mol. The predicted octanol–water partition coefficient (Wildman–Crippen LogP) is 2.23. The Kier molecular flexibility index (Phi) is 4.10. The first-order chi connectivity index (χ1) is 9.30. The van der Waals surface area contributed by atoms with E-state index in [0.29, 0.717) is 18.1 Å². The van der Waals surface area contributed by atoms with Gasteiger partial charge < -0.3 is 0 Å². The maximum atomic E-state index is 11.6. The van der Waals surface area contributed by atoms with E-state index in [1.165, 1.54) is 4.57 Å². The lowest BCUT2D eigenvalue weighted by atomic mass is 10.2. The Morgan fingerprint density at radius 3 is 2.60 bits per heavy atom. The average Bonchev–Trinajstić information content (AvgIpc) is 2.72. The lowest BCUT2D eigenvalue weighted by molar-refractivity contribution is 0.488. The summed E-state index contributed by atoms with van der Waals surface area (Å²) in [6.45, 7) is 6.27. The molecule has 0 saturated carbocycles. The number of pyridine rings is 1. The van der Waals surface area contributed by atoms with Crippen molar-refractivity contribution in [1.29, 1.82) is 0 Å². The van der Waals surface area contributed by atoms with Gasteiger partial charge in [0.15, 0.2) is 5.82 Å². The standard InChI is InChI=1S/C12H15ClN4O2S/c1-8(2)7-17-11(10-9(3)5-4-6-14-10)15-16-12(17)20(13,18)19/h4-6,8H,7H2,1-3H3. The van der Waals surface area contributed by atoms with Gasteiger partial charge in [0.05, 0.1) is 0 Å². The minimum atomic E-state index is -3.95. The number of nitrogens with zero attached hydrogens (tertiary/aromatic N) is 4. The van der Waals surface area contributed by atoms with E-state index < -0.39 is 9.05 Å². The maximum Gasteiger partial charge on any atom is 0.296 e. The minimum absolute atomic E-state index is 0.214. The third-order valence-electron chi connectivity index (χ3n) is 2.70. The number of rotatable bonds is 4. The highest BCUT2D eigenvalue weighted by Gasteiger charge is 2.24. The molecule has 6 nitrogen and oxygen atoms in total. The Morgan fingerprint density at radius 1 is 1.35 bits per heavy atom. The van der Waals surface area contributed by atoms with Crippen LogP contribution in [0.4, 0.5) is 0 Å². The molecule has 8 heteroatoms. The first kappa shape index (κ1) is 14.9. The van der Waals surface area contributed by atoms with Gasteiger partial charge in [-0.15, -0.1) is 10.2 Å². The molecule has 2 aromatic heterocycles. The summed E-state index contributed by atoms with van der Waals surface area (Å²) >= 11 is 0. The van der Waals surface area contributed by atoms with Gasteiger partial charge in [0.25, 0.3) is 14.2 Å². The van der Waals surface area contributed by atoms with E-state index in [4.69, 9.17) is 10.7 Å². The summed E-state index contributed by atoms with van der Waals surface area (Å²) < 4.78 is 24.7. The second kappa shape index (κ2) is 5.49. The van der Waals surface area contributed by atoms with Crippen LogP contribution in [0.15, 0.2) is 23.5 Å². The molecule has 0 aliphatic heterocycles. The zero-order valence-corrected chi connectivity index (χ0v) is 13.0. The van der Waals surface area contributed by atoms with Gasteiger partial charge in [0.1, 0.15) is 5.69 Å². The fourth-order valence-corrected chi connectivity index (χ4v) is 2.80. The van der Waals surface area contributed by atoms with Crippen molar-refractivity contribution in [3.63, 3.8) is 0 Å². The van der Waals surface area contributed by atoms with Crippen molar-refractivity contribution >= 4 is 19.7 Å². The monoisotopic (exact) mass is 314 g/mol. The van der Waals surface area contributed by atoms with Crippen molar-refractivity contribution in [2.45, 2.75) is 32.5 Å². The van der Waals surface area contributed by atoms with Crippen LogP contribution in [0.5, 0.6) is 0 Å². The van der Waals surface area contributed by atoms with E-state index in [0.717, 1.165) is 5.56 Å². The number of halogens is 1. The molecule has 0 fully saturated rings. The zero-order valence-electron chi connectivity index (χ0n) is 11.4. The van der Waals surface area contributed by atoms with Gasteiger partial charge >= 0.3 is 0 Å². The van der Waals surface area contributed by atoms with Crippen LogP contribution in [-0.4, -0.2) is 28.2 Å². The van der Waals surface area contributed by atoms with E-state index in [1.807, 2.05) is 26.8 Å². The minimum Gasteiger partial charge on any atom is -0.295 e. The van der Waals surface area contributed by atoms with Crippen molar-refractivity contribution in [1.82, 2.24) is 19.7 Å². The first-order valence-corrected chi connectivity index (χ1v) is 8.41. The van der Waals surface area contributed by atoms with Crippen LogP contribution in [0.2, 0.25) is 0 Å². The predicted molar refractivity (Wildman–Crippen MR) is 75.9 cm³/mol. The Bertz CT molecular complexity index is 725. The number of hydrogen-bond acceptors (Lipinski definition) is 5. The molecule has 2 aromatic rings. The summed E-state index contributed by atoms with van der Waals surface area (Å²) in [5.41, 5.74) is 1.50. The van der Waals surface area contributed by atoms with Crippen molar-refractivity contribution in [3.05, 3.63) is 23.9 Å². The second-order valence-electron chi connectivity index (χ2n) is 4.92. The molecule has 0 N–H and O–H groups in total. The van der Waals surface area contributed by atoms with Gasteiger partial charge in [-0.1, -0.05) is 19.9 Å². The molecule has 0 aliphatic rings. The van der Waals surface area contributed by atoms with Crippen molar-refractivity contribution in [2.75, 3.05) is 0 Å². The van der Waals surface area contributed by atoms with Crippen LogP contribution in [0, 0.1) is 12.8 Å². The highest BCUT2D eigenvalue weighted by atomic mass is 35.7. The summed E-state index contributed by atoms with van der Waals surface area (Å²) in [5.74, 6) is 0.627. The lowest BCUT2D eigenvalue weighted by Gasteiger charge is -2.11. The molecule has 0 radical (unpaired) electrons. The molecular weight excluding hydrogens is 300 g/mol. The Hall–Kier alpha value is -1.47. The summed E-state index contributed by atoms with van der Waals surface area (Å²) in [5, 5.41) is 7.42. The largest absolute Gasteiger partial charge is 0.296 e.